The Kier molecular flexibility index (Phi) is 9.98. The Morgan fingerprint density at radius 2 is 1.56 bits per heavy atom. The monoisotopic (exact) mass is 611 g/mol. The number of hydrogen-bond donors (Lipinski definition) is 0. The standard InChI is InChI=1S/C32H39F6N3O2/c1-22-7-8-24(15-23(22)2)16-28-20-39(9-5-6-10-40-13-14-43-21-30(40,3)4)11-12-41(28)29(42)25-17-26(31(33,34)35)19-27(18-25)32(36,37)38/h5-8,15,17-19,28H,9-14,16,20-21H2,1-4H3/t28-/m1/s1. The molecule has 2 fully saturated rings. The summed E-state index contributed by atoms with van der Waals surface area (Å²) < 4.78 is 86.7. The van der Waals surface area contributed by atoms with E-state index in [1.54, 1.807) is 0 Å². The van der Waals surface area contributed by atoms with Crippen molar-refractivity contribution in [1.29, 1.82) is 0 Å². The van der Waals surface area contributed by atoms with E-state index in [4.69, 9.17) is 4.74 Å². The van der Waals surface area contributed by atoms with Gasteiger partial charge in [-0.25, -0.2) is 0 Å². The zero-order valence-electron chi connectivity index (χ0n) is 25.0. The maximum Gasteiger partial charge on any atom is 0.416 e. The number of ether oxygens (including phenoxy) is 1. The quantitative estimate of drug-likeness (QED) is 0.269. The largest absolute Gasteiger partial charge is 0.416 e. The van der Waals surface area contributed by atoms with Gasteiger partial charge in [0, 0.05) is 56.4 Å². The highest BCUT2D eigenvalue weighted by molar-refractivity contribution is 5.95. The Hall–Kier alpha value is -2.89. The van der Waals surface area contributed by atoms with E-state index >= 15 is 0 Å². The molecule has 5 nitrogen and oxygen atoms in total. The fraction of sp³-hybridized carbons (Fsp3) is 0.531. The van der Waals surface area contributed by atoms with E-state index < -0.39 is 41.0 Å². The molecule has 11 heteroatoms. The zero-order chi connectivity index (χ0) is 31.6. The summed E-state index contributed by atoms with van der Waals surface area (Å²) >= 11 is 0. The first-order valence-corrected chi connectivity index (χ1v) is 14.4. The summed E-state index contributed by atoms with van der Waals surface area (Å²) in [6.45, 7) is 12.8. The highest BCUT2D eigenvalue weighted by Crippen LogP contribution is 2.37. The number of hydrogen-bond acceptors (Lipinski definition) is 4. The van der Waals surface area contributed by atoms with Crippen LogP contribution in [-0.4, -0.2) is 84.7 Å². The molecule has 0 aromatic heterocycles. The van der Waals surface area contributed by atoms with Crippen molar-refractivity contribution in [2.75, 3.05) is 52.5 Å². The first-order chi connectivity index (χ1) is 20.0. The number of piperazine rings is 1. The maximum absolute atomic E-state index is 13.6. The summed E-state index contributed by atoms with van der Waals surface area (Å²) in [7, 11) is 0. The van der Waals surface area contributed by atoms with Crippen LogP contribution in [-0.2, 0) is 23.5 Å². The van der Waals surface area contributed by atoms with Gasteiger partial charge in [-0.05, 0) is 69.0 Å². The molecule has 0 radical (unpaired) electrons. The Labute approximate surface area is 249 Å². The van der Waals surface area contributed by atoms with Gasteiger partial charge in [0.1, 0.15) is 0 Å². The zero-order valence-corrected chi connectivity index (χ0v) is 25.0. The molecule has 2 aromatic carbocycles. The number of carbonyl (C=O) groups is 1. The lowest BCUT2D eigenvalue weighted by atomic mass is 9.97. The molecule has 236 valence electrons. The lowest BCUT2D eigenvalue weighted by molar-refractivity contribution is -0.143. The van der Waals surface area contributed by atoms with Gasteiger partial charge < -0.3 is 9.64 Å². The molecule has 2 aromatic rings. The van der Waals surface area contributed by atoms with Gasteiger partial charge in [-0.15, -0.1) is 0 Å². The Balaban J connectivity index is 1.55. The molecule has 1 amide bonds. The number of carbonyl (C=O) groups excluding carboxylic acids is 1. The van der Waals surface area contributed by atoms with Crippen molar-refractivity contribution in [1.82, 2.24) is 14.7 Å². The van der Waals surface area contributed by atoms with Gasteiger partial charge in [0.25, 0.3) is 5.91 Å². The van der Waals surface area contributed by atoms with Gasteiger partial charge in [0.2, 0.25) is 0 Å². The number of rotatable bonds is 7. The van der Waals surface area contributed by atoms with Gasteiger partial charge >= 0.3 is 12.4 Å². The van der Waals surface area contributed by atoms with E-state index in [0.29, 0.717) is 51.4 Å². The number of benzene rings is 2. The summed E-state index contributed by atoms with van der Waals surface area (Å²) in [5, 5.41) is 0. The average molecular weight is 612 g/mol. The normalized spacial score (nSPS) is 20.6. The lowest BCUT2D eigenvalue weighted by Crippen LogP contribution is -2.56. The summed E-state index contributed by atoms with van der Waals surface area (Å²) in [6.07, 6.45) is -5.48. The molecule has 0 spiro atoms. The first kappa shape index (κ1) is 33.0. The molecule has 0 N–H and O–H groups in total. The van der Waals surface area contributed by atoms with E-state index in [9.17, 15) is 31.1 Å². The Morgan fingerprint density at radius 3 is 2.16 bits per heavy atom. The molecule has 0 unspecified atom stereocenters. The van der Waals surface area contributed by atoms with Crippen molar-refractivity contribution in [3.8, 4) is 0 Å². The molecule has 0 aliphatic carbocycles. The summed E-state index contributed by atoms with van der Waals surface area (Å²) in [5.74, 6) is -0.838. The third kappa shape index (κ3) is 8.39. The topological polar surface area (TPSA) is 36.0 Å². The molecular weight excluding hydrogens is 572 g/mol. The van der Waals surface area contributed by atoms with Crippen molar-refractivity contribution in [2.24, 2.45) is 0 Å². The fourth-order valence-electron chi connectivity index (χ4n) is 5.63. The third-order valence-electron chi connectivity index (χ3n) is 8.38. The van der Waals surface area contributed by atoms with E-state index in [1.165, 1.54) is 4.90 Å². The van der Waals surface area contributed by atoms with Crippen LogP contribution in [0.4, 0.5) is 26.3 Å². The molecule has 2 saturated heterocycles. The number of halogens is 6. The van der Waals surface area contributed by atoms with Crippen LogP contribution in [0.3, 0.4) is 0 Å². The number of nitrogens with zero attached hydrogens (tertiary/aromatic N) is 3. The van der Waals surface area contributed by atoms with Crippen LogP contribution in [0.1, 0.15) is 52.0 Å². The third-order valence-corrected chi connectivity index (χ3v) is 8.38. The van der Waals surface area contributed by atoms with Crippen LogP contribution in [0.2, 0.25) is 0 Å². The van der Waals surface area contributed by atoms with Crippen LogP contribution >= 0.6 is 0 Å². The molecule has 0 saturated carbocycles. The molecule has 2 heterocycles. The molecule has 1 atom stereocenters. The number of morpholine rings is 1. The van der Waals surface area contributed by atoms with Crippen molar-refractivity contribution in [2.45, 2.75) is 58.0 Å². The van der Waals surface area contributed by atoms with Crippen LogP contribution < -0.4 is 0 Å². The Morgan fingerprint density at radius 1 is 0.907 bits per heavy atom. The predicted molar refractivity (Wildman–Crippen MR) is 153 cm³/mol. The molecule has 2 aliphatic rings. The van der Waals surface area contributed by atoms with Gasteiger partial charge in [-0.1, -0.05) is 30.4 Å². The first-order valence-electron chi connectivity index (χ1n) is 14.4. The highest BCUT2D eigenvalue weighted by Gasteiger charge is 2.39. The maximum atomic E-state index is 13.6. The molecule has 43 heavy (non-hydrogen) atoms. The predicted octanol–water partition coefficient (Wildman–Crippen LogP) is 6.38. The second kappa shape index (κ2) is 13.0. The smallest absolute Gasteiger partial charge is 0.378 e. The van der Waals surface area contributed by atoms with Gasteiger partial charge in [-0.3, -0.25) is 14.6 Å². The molecule has 4 rings (SSSR count). The second-order valence-electron chi connectivity index (χ2n) is 12.1. The van der Waals surface area contributed by atoms with E-state index in [2.05, 4.69) is 35.8 Å². The van der Waals surface area contributed by atoms with Crippen molar-refractivity contribution in [3.63, 3.8) is 0 Å². The van der Waals surface area contributed by atoms with Crippen molar-refractivity contribution in [3.05, 3.63) is 81.9 Å². The van der Waals surface area contributed by atoms with E-state index in [0.717, 1.165) is 29.8 Å². The highest BCUT2D eigenvalue weighted by atomic mass is 19.4. The van der Waals surface area contributed by atoms with Crippen LogP contribution in [0.15, 0.2) is 48.6 Å². The van der Waals surface area contributed by atoms with Gasteiger partial charge in [-0.2, -0.15) is 26.3 Å². The van der Waals surface area contributed by atoms with Crippen LogP contribution in [0.25, 0.3) is 0 Å². The van der Waals surface area contributed by atoms with Crippen molar-refractivity contribution >= 4 is 5.91 Å². The summed E-state index contributed by atoms with van der Waals surface area (Å²) in [4.78, 5) is 19.6. The van der Waals surface area contributed by atoms with E-state index in [1.807, 2.05) is 32.0 Å². The fourth-order valence-corrected chi connectivity index (χ4v) is 5.63. The molecular formula is C32H39F6N3O2. The number of amides is 1. The second-order valence-corrected chi connectivity index (χ2v) is 12.1. The minimum absolute atomic E-state index is 0.0473. The molecule has 2 aliphatic heterocycles. The minimum Gasteiger partial charge on any atom is -0.378 e. The van der Waals surface area contributed by atoms with Crippen LogP contribution in [0, 0.1) is 13.8 Å². The summed E-state index contributed by atoms with van der Waals surface area (Å²) in [6, 6.07) is 6.56. The summed E-state index contributed by atoms with van der Waals surface area (Å²) in [5.41, 5.74) is -0.580. The van der Waals surface area contributed by atoms with Crippen LogP contribution in [0.5, 0.6) is 0 Å². The molecule has 0 bridgehead atoms. The SMILES string of the molecule is Cc1ccc(C[C@@H]2CN(CC=CCN3CCOCC3(C)C)CCN2C(=O)c2cc(C(F)(F)F)cc(C(F)(F)F)c2)cc1C. The van der Waals surface area contributed by atoms with E-state index in [-0.39, 0.29) is 18.2 Å². The van der Waals surface area contributed by atoms with Gasteiger partial charge in [0.05, 0.1) is 24.3 Å². The lowest BCUT2D eigenvalue weighted by Gasteiger charge is -2.42. The minimum atomic E-state index is -5.03. The van der Waals surface area contributed by atoms with Gasteiger partial charge in [0.15, 0.2) is 0 Å². The van der Waals surface area contributed by atoms with Crippen molar-refractivity contribution < 1.29 is 35.9 Å². The Bertz CT molecular complexity index is 1290. The number of alkyl halides is 6. The number of aryl methyl sites for hydroxylation is 2. The average Bonchev–Trinajstić information content (AvgIpc) is 2.92.